The second kappa shape index (κ2) is 6.69. The van der Waals surface area contributed by atoms with Crippen molar-refractivity contribution in [3.63, 3.8) is 0 Å². The second-order valence-electron chi connectivity index (χ2n) is 7.04. The zero-order chi connectivity index (χ0) is 19.1. The Hall–Kier alpha value is -3.32. The summed E-state index contributed by atoms with van der Waals surface area (Å²) in [7, 11) is 0. The summed E-state index contributed by atoms with van der Waals surface area (Å²) in [6.07, 6.45) is 0. The van der Waals surface area contributed by atoms with Gasteiger partial charge in [-0.3, -0.25) is 9.69 Å². The van der Waals surface area contributed by atoms with Crippen LogP contribution in [0.5, 0.6) is 5.75 Å². The fourth-order valence-corrected chi connectivity index (χ4v) is 3.81. The summed E-state index contributed by atoms with van der Waals surface area (Å²) >= 11 is 0. The number of aromatic amines is 1. The number of H-pyrrole nitrogens is 1. The third-order valence-electron chi connectivity index (χ3n) is 5.25. The van der Waals surface area contributed by atoms with Gasteiger partial charge in [0.05, 0.1) is 12.2 Å². The average molecular weight is 376 g/mol. The van der Waals surface area contributed by atoms with Gasteiger partial charge in [0.15, 0.2) is 0 Å². The molecule has 0 saturated carbocycles. The number of hydrogen-bond acceptors (Lipinski definition) is 6. The van der Waals surface area contributed by atoms with E-state index in [0.717, 1.165) is 37.3 Å². The fourth-order valence-electron chi connectivity index (χ4n) is 3.81. The van der Waals surface area contributed by atoms with Gasteiger partial charge in [-0.1, -0.05) is 24.3 Å². The highest BCUT2D eigenvalue weighted by atomic mass is 16.3. The quantitative estimate of drug-likeness (QED) is 0.572. The molecule has 0 unspecified atom stereocenters. The molecule has 2 N–H and O–H groups in total. The lowest BCUT2D eigenvalue weighted by Crippen LogP contribution is -2.46. The smallest absolute Gasteiger partial charge is 0.294 e. The van der Waals surface area contributed by atoms with E-state index < -0.39 is 0 Å². The number of benzene rings is 2. The van der Waals surface area contributed by atoms with Crippen LogP contribution in [-0.4, -0.2) is 46.2 Å². The maximum Gasteiger partial charge on any atom is 0.294 e. The minimum Gasteiger partial charge on any atom is -0.506 e. The van der Waals surface area contributed by atoms with Crippen LogP contribution >= 0.6 is 0 Å². The van der Waals surface area contributed by atoms with Crippen molar-refractivity contribution in [3.05, 3.63) is 64.7 Å². The Morgan fingerprint density at radius 3 is 2.61 bits per heavy atom. The van der Waals surface area contributed by atoms with Crippen molar-refractivity contribution in [1.29, 1.82) is 0 Å². The number of furan rings is 1. The van der Waals surface area contributed by atoms with Crippen LogP contribution in [0.25, 0.3) is 22.1 Å². The van der Waals surface area contributed by atoms with E-state index in [2.05, 4.69) is 19.8 Å². The molecule has 5 rings (SSSR count). The van der Waals surface area contributed by atoms with Gasteiger partial charge in [-0.2, -0.15) is 0 Å². The van der Waals surface area contributed by atoms with Crippen LogP contribution in [0.1, 0.15) is 5.82 Å². The van der Waals surface area contributed by atoms with Crippen molar-refractivity contribution >= 4 is 27.8 Å². The number of phenols is 1. The summed E-state index contributed by atoms with van der Waals surface area (Å²) in [5, 5.41) is 10.9. The summed E-state index contributed by atoms with van der Waals surface area (Å²) in [5.41, 5.74) is 2.17. The molecule has 0 bridgehead atoms. The summed E-state index contributed by atoms with van der Waals surface area (Å²) in [5.74, 6) is 0.944. The van der Waals surface area contributed by atoms with Crippen molar-refractivity contribution in [3.8, 4) is 5.75 Å². The van der Waals surface area contributed by atoms with Crippen LogP contribution in [0, 0.1) is 0 Å². The number of fused-ring (bicyclic) bond motifs is 3. The molecule has 1 aliphatic heterocycles. The Morgan fingerprint density at radius 1 is 1.04 bits per heavy atom. The normalized spacial score (nSPS) is 15.5. The topological polar surface area (TPSA) is 85.6 Å². The third kappa shape index (κ3) is 2.90. The maximum atomic E-state index is 12.4. The molecule has 7 nitrogen and oxygen atoms in total. The van der Waals surface area contributed by atoms with Gasteiger partial charge in [0.1, 0.15) is 22.7 Å². The highest BCUT2D eigenvalue weighted by Crippen LogP contribution is 2.28. The largest absolute Gasteiger partial charge is 0.506 e. The molecular formula is C21H20N4O3. The van der Waals surface area contributed by atoms with Crippen molar-refractivity contribution in [2.45, 2.75) is 6.54 Å². The number of nitrogens with zero attached hydrogens (tertiary/aromatic N) is 3. The lowest BCUT2D eigenvalue weighted by Gasteiger charge is -2.36. The predicted octanol–water partition coefficient (Wildman–Crippen LogP) is 2.70. The van der Waals surface area contributed by atoms with E-state index in [9.17, 15) is 9.90 Å². The maximum absolute atomic E-state index is 12.4. The highest BCUT2D eigenvalue weighted by Gasteiger charge is 2.20. The molecule has 0 atom stereocenters. The molecule has 7 heteroatoms. The number of rotatable bonds is 3. The molecule has 0 spiro atoms. The van der Waals surface area contributed by atoms with Gasteiger partial charge in [-0.15, -0.1) is 0 Å². The van der Waals surface area contributed by atoms with Crippen molar-refractivity contribution in [2.75, 3.05) is 31.1 Å². The zero-order valence-corrected chi connectivity index (χ0v) is 15.3. The Bertz CT molecular complexity index is 1210. The monoisotopic (exact) mass is 376 g/mol. The summed E-state index contributed by atoms with van der Waals surface area (Å²) in [4.78, 5) is 24.4. The molecule has 3 heterocycles. The van der Waals surface area contributed by atoms with Gasteiger partial charge in [-0.05, 0) is 24.3 Å². The van der Waals surface area contributed by atoms with Crippen molar-refractivity contribution in [1.82, 2.24) is 14.9 Å². The Kier molecular flexibility index (Phi) is 4.02. The van der Waals surface area contributed by atoms with Crippen molar-refractivity contribution < 1.29 is 9.52 Å². The lowest BCUT2D eigenvalue weighted by molar-refractivity contribution is 0.243. The highest BCUT2D eigenvalue weighted by molar-refractivity contribution is 6.01. The molecule has 2 aromatic carbocycles. The number of para-hydroxylation sites is 3. The van der Waals surface area contributed by atoms with E-state index in [-0.39, 0.29) is 11.1 Å². The molecule has 28 heavy (non-hydrogen) atoms. The standard InChI is InChI=1S/C21H20N4O3/c26-16-7-3-2-6-15(16)25-11-9-24(10-12-25)13-18-22-19-14-5-1-4-8-17(14)28-20(19)21(27)23-18/h1-8,26H,9-13H2,(H,22,23,27). The molecule has 0 radical (unpaired) electrons. The molecule has 142 valence electrons. The third-order valence-corrected chi connectivity index (χ3v) is 5.25. The zero-order valence-electron chi connectivity index (χ0n) is 15.3. The van der Waals surface area contributed by atoms with Gasteiger partial charge in [0, 0.05) is 31.6 Å². The van der Waals surface area contributed by atoms with E-state index in [0.29, 0.717) is 29.2 Å². The predicted molar refractivity (Wildman–Crippen MR) is 108 cm³/mol. The summed E-state index contributed by atoms with van der Waals surface area (Å²) in [6, 6.07) is 15.0. The first-order valence-corrected chi connectivity index (χ1v) is 9.35. The first-order chi connectivity index (χ1) is 13.7. The first-order valence-electron chi connectivity index (χ1n) is 9.35. The number of phenolic OH excluding ortho intramolecular Hbond substituents is 1. The van der Waals surface area contributed by atoms with Gasteiger partial charge in [0.2, 0.25) is 5.58 Å². The molecule has 1 fully saturated rings. The van der Waals surface area contributed by atoms with Crippen LogP contribution in [0.3, 0.4) is 0 Å². The molecule has 0 aliphatic carbocycles. The second-order valence-corrected chi connectivity index (χ2v) is 7.04. The van der Waals surface area contributed by atoms with E-state index >= 15 is 0 Å². The summed E-state index contributed by atoms with van der Waals surface area (Å²) in [6.45, 7) is 3.82. The van der Waals surface area contributed by atoms with E-state index in [1.165, 1.54) is 0 Å². The van der Waals surface area contributed by atoms with Gasteiger partial charge in [-0.25, -0.2) is 4.98 Å². The van der Waals surface area contributed by atoms with Gasteiger partial charge >= 0.3 is 0 Å². The van der Waals surface area contributed by atoms with Crippen LogP contribution in [-0.2, 0) is 6.54 Å². The average Bonchev–Trinajstić information content (AvgIpc) is 3.09. The van der Waals surface area contributed by atoms with Crippen LogP contribution in [0.15, 0.2) is 57.7 Å². The lowest BCUT2D eigenvalue weighted by atomic mass is 10.2. The number of piperazine rings is 1. The Morgan fingerprint density at radius 2 is 1.79 bits per heavy atom. The number of anilines is 1. The minimum absolute atomic E-state index is 0.246. The number of nitrogens with one attached hydrogen (secondary N) is 1. The van der Waals surface area contributed by atoms with Gasteiger partial charge < -0.3 is 19.4 Å². The number of aromatic nitrogens is 2. The first kappa shape index (κ1) is 16.8. The molecule has 1 aliphatic rings. The van der Waals surface area contributed by atoms with Crippen LogP contribution < -0.4 is 10.5 Å². The number of aromatic hydroxyl groups is 1. The van der Waals surface area contributed by atoms with E-state index in [1.807, 2.05) is 42.5 Å². The van der Waals surface area contributed by atoms with E-state index in [4.69, 9.17) is 4.42 Å². The van der Waals surface area contributed by atoms with E-state index in [1.54, 1.807) is 6.07 Å². The Balaban J connectivity index is 1.36. The van der Waals surface area contributed by atoms with Gasteiger partial charge in [0.25, 0.3) is 5.56 Å². The molecule has 1 saturated heterocycles. The molecule has 4 aromatic rings. The minimum atomic E-state index is -0.246. The molecular weight excluding hydrogens is 356 g/mol. The summed E-state index contributed by atoms with van der Waals surface area (Å²) < 4.78 is 5.65. The van der Waals surface area contributed by atoms with Crippen LogP contribution in [0.2, 0.25) is 0 Å². The molecule has 0 amide bonds. The van der Waals surface area contributed by atoms with Crippen LogP contribution in [0.4, 0.5) is 5.69 Å². The van der Waals surface area contributed by atoms with Crippen molar-refractivity contribution in [2.24, 2.45) is 0 Å². The Labute approximate surface area is 160 Å². The fraction of sp³-hybridized carbons (Fsp3) is 0.238. The number of hydrogen-bond donors (Lipinski definition) is 2. The molecule has 2 aromatic heterocycles. The SMILES string of the molecule is O=c1[nH]c(CN2CCN(c3ccccc3O)CC2)nc2c1oc1ccccc12.